The monoisotopic (exact) mass is 222 g/mol. The minimum atomic E-state index is -0.776. The molecule has 0 fully saturated rings. The molecule has 0 radical (unpaired) electrons. The van der Waals surface area contributed by atoms with Gasteiger partial charge in [-0.25, -0.2) is 0 Å². The fourth-order valence-electron chi connectivity index (χ4n) is 1.67. The van der Waals surface area contributed by atoms with E-state index in [1.807, 2.05) is 39.0 Å². The average molecular weight is 222 g/mol. The standard InChI is InChI=1S/C12H16O2.C2H6/c1-8(2)11-5-4-10(6-9(11)3)7-12(13)14;1-2/h4-6,8H,7H2,1-3H3,(H,13,14);1-2H3. The van der Waals surface area contributed by atoms with E-state index in [9.17, 15) is 4.79 Å². The molecule has 16 heavy (non-hydrogen) atoms. The number of aliphatic carboxylic acids is 1. The quantitative estimate of drug-likeness (QED) is 0.845. The zero-order chi connectivity index (χ0) is 12.7. The molecule has 1 rings (SSSR count). The van der Waals surface area contributed by atoms with E-state index in [1.54, 1.807) is 0 Å². The zero-order valence-corrected chi connectivity index (χ0v) is 10.9. The molecule has 0 aliphatic rings. The normalized spacial score (nSPS) is 9.62. The number of benzene rings is 1. The number of hydrogen-bond acceptors (Lipinski definition) is 1. The van der Waals surface area contributed by atoms with Gasteiger partial charge < -0.3 is 5.11 Å². The van der Waals surface area contributed by atoms with Gasteiger partial charge in [-0.1, -0.05) is 45.9 Å². The highest BCUT2D eigenvalue weighted by molar-refractivity contribution is 5.70. The third-order valence-electron chi connectivity index (χ3n) is 2.31. The summed E-state index contributed by atoms with van der Waals surface area (Å²) in [5, 5.41) is 8.64. The lowest BCUT2D eigenvalue weighted by Crippen LogP contribution is -2.01. The van der Waals surface area contributed by atoms with Gasteiger partial charge in [0.2, 0.25) is 0 Å². The molecule has 0 aromatic heterocycles. The number of hydrogen-bond donors (Lipinski definition) is 1. The lowest BCUT2D eigenvalue weighted by molar-refractivity contribution is -0.136. The molecule has 0 spiro atoms. The second kappa shape index (κ2) is 7.04. The summed E-state index contributed by atoms with van der Waals surface area (Å²) in [6, 6.07) is 5.89. The van der Waals surface area contributed by atoms with Crippen LogP contribution in [0.3, 0.4) is 0 Å². The molecule has 2 heteroatoms. The molecule has 0 heterocycles. The summed E-state index contributed by atoms with van der Waals surface area (Å²) < 4.78 is 0. The maximum Gasteiger partial charge on any atom is 0.307 e. The predicted octanol–water partition coefficient (Wildman–Crippen LogP) is 3.77. The molecule has 0 saturated carbocycles. The van der Waals surface area contributed by atoms with Crippen LogP contribution < -0.4 is 0 Å². The van der Waals surface area contributed by atoms with E-state index >= 15 is 0 Å². The van der Waals surface area contributed by atoms with Crippen molar-refractivity contribution in [3.63, 3.8) is 0 Å². The molecule has 0 unspecified atom stereocenters. The van der Waals surface area contributed by atoms with Crippen molar-refractivity contribution in [3.8, 4) is 0 Å². The minimum absolute atomic E-state index is 0.110. The smallest absolute Gasteiger partial charge is 0.307 e. The number of carboxylic acids is 1. The predicted molar refractivity (Wildman–Crippen MR) is 68.0 cm³/mol. The van der Waals surface area contributed by atoms with Crippen molar-refractivity contribution in [3.05, 3.63) is 34.9 Å². The van der Waals surface area contributed by atoms with Crippen LogP contribution in [-0.4, -0.2) is 11.1 Å². The summed E-state index contributed by atoms with van der Waals surface area (Å²) in [7, 11) is 0. The Morgan fingerprint density at radius 2 is 1.88 bits per heavy atom. The van der Waals surface area contributed by atoms with Crippen molar-refractivity contribution in [2.24, 2.45) is 0 Å². The molecule has 0 aliphatic carbocycles. The molecule has 2 nitrogen and oxygen atoms in total. The Bertz CT molecular complexity index is 341. The van der Waals surface area contributed by atoms with Crippen LogP contribution in [0.2, 0.25) is 0 Å². The average Bonchev–Trinajstić information content (AvgIpc) is 2.19. The van der Waals surface area contributed by atoms with Gasteiger partial charge in [0.05, 0.1) is 6.42 Å². The van der Waals surface area contributed by atoms with Crippen LogP contribution in [-0.2, 0) is 11.2 Å². The van der Waals surface area contributed by atoms with E-state index in [2.05, 4.69) is 13.8 Å². The summed E-state index contributed by atoms with van der Waals surface area (Å²) in [6.45, 7) is 10.3. The Morgan fingerprint density at radius 1 is 1.31 bits per heavy atom. The molecule has 0 amide bonds. The van der Waals surface area contributed by atoms with Crippen molar-refractivity contribution in [2.45, 2.75) is 47.0 Å². The highest BCUT2D eigenvalue weighted by Gasteiger charge is 2.05. The highest BCUT2D eigenvalue weighted by atomic mass is 16.4. The Kier molecular flexibility index (Phi) is 6.47. The number of carboxylic acid groups (broad SMARTS) is 1. The van der Waals surface area contributed by atoms with E-state index in [1.165, 1.54) is 11.1 Å². The van der Waals surface area contributed by atoms with Gasteiger partial charge in [-0.3, -0.25) is 4.79 Å². The largest absolute Gasteiger partial charge is 0.481 e. The SMILES string of the molecule is CC.Cc1cc(CC(=O)O)ccc1C(C)C. The van der Waals surface area contributed by atoms with Crippen LogP contribution in [0, 0.1) is 6.92 Å². The van der Waals surface area contributed by atoms with Crippen LogP contribution in [0.4, 0.5) is 0 Å². The Hall–Kier alpha value is -1.31. The Balaban J connectivity index is 0.00000106. The molecular weight excluding hydrogens is 200 g/mol. The van der Waals surface area contributed by atoms with Gasteiger partial charge >= 0.3 is 5.97 Å². The second-order valence-electron chi connectivity index (χ2n) is 3.92. The molecule has 0 atom stereocenters. The topological polar surface area (TPSA) is 37.3 Å². The molecule has 0 aliphatic heterocycles. The van der Waals surface area contributed by atoms with Gasteiger partial charge in [-0.15, -0.1) is 0 Å². The van der Waals surface area contributed by atoms with E-state index in [4.69, 9.17) is 5.11 Å². The lowest BCUT2D eigenvalue weighted by Gasteiger charge is -2.10. The molecule has 0 saturated heterocycles. The summed E-state index contributed by atoms with van der Waals surface area (Å²) >= 11 is 0. The van der Waals surface area contributed by atoms with Crippen LogP contribution in [0.5, 0.6) is 0 Å². The summed E-state index contributed by atoms with van der Waals surface area (Å²) in [4.78, 5) is 10.5. The maximum absolute atomic E-state index is 10.5. The lowest BCUT2D eigenvalue weighted by atomic mass is 9.95. The van der Waals surface area contributed by atoms with Gasteiger partial charge in [-0.05, 0) is 29.5 Å². The Morgan fingerprint density at radius 3 is 2.25 bits per heavy atom. The summed E-state index contributed by atoms with van der Waals surface area (Å²) in [6.07, 6.45) is 0.110. The van der Waals surface area contributed by atoms with Gasteiger partial charge in [0, 0.05) is 0 Å². The van der Waals surface area contributed by atoms with Crippen molar-refractivity contribution < 1.29 is 9.90 Å². The highest BCUT2D eigenvalue weighted by Crippen LogP contribution is 2.20. The molecule has 0 bridgehead atoms. The fourth-order valence-corrected chi connectivity index (χ4v) is 1.67. The first kappa shape index (κ1) is 14.7. The van der Waals surface area contributed by atoms with Gasteiger partial charge in [0.15, 0.2) is 0 Å². The Labute approximate surface area is 98.3 Å². The maximum atomic E-state index is 10.5. The zero-order valence-electron chi connectivity index (χ0n) is 10.9. The molecule has 1 N–H and O–H groups in total. The molecular formula is C14H22O2. The van der Waals surface area contributed by atoms with Crippen molar-refractivity contribution in [1.82, 2.24) is 0 Å². The van der Waals surface area contributed by atoms with Gasteiger partial charge in [-0.2, -0.15) is 0 Å². The van der Waals surface area contributed by atoms with E-state index in [0.29, 0.717) is 5.92 Å². The van der Waals surface area contributed by atoms with E-state index in [0.717, 1.165) is 5.56 Å². The molecule has 1 aromatic rings. The fraction of sp³-hybridized carbons (Fsp3) is 0.500. The first-order valence-corrected chi connectivity index (χ1v) is 5.82. The van der Waals surface area contributed by atoms with Crippen LogP contribution >= 0.6 is 0 Å². The molecule has 1 aromatic carbocycles. The first-order valence-electron chi connectivity index (χ1n) is 5.82. The first-order chi connectivity index (χ1) is 7.50. The van der Waals surface area contributed by atoms with Crippen molar-refractivity contribution in [2.75, 3.05) is 0 Å². The van der Waals surface area contributed by atoms with E-state index in [-0.39, 0.29) is 6.42 Å². The third-order valence-corrected chi connectivity index (χ3v) is 2.31. The number of aryl methyl sites for hydroxylation is 1. The van der Waals surface area contributed by atoms with Crippen molar-refractivity contribution >= 4 is 5.97 Å². The van der Waals surface area contributed by atoms with Crippen molar-refractivity contribution in [1.29, 1.82) is 0 Å². The summed E-state index contributed by atoms with van der Waals surface area (Å²) in [5.41, 5.74) is 3.34. The number of carbonyl (C=O) groups is 1. The van der Waals surface area contributed by atoms with Gasteiger partial charge in [0.25, 0.3) is 0 Å². The molecule has 90 valence electrons. The number of rotatable bonds is 3. The third kappa shape index (κ3) is 4.47. The second-order valence-corrected chi connectivity index (χ2v) is 3.92. The van der Waals surface area contributed by atoms with Crippen LogP contribution in [0.15, 0.2) is 18.2 Å². The minimum Gasteiger partial charge on any atom is -0.481 e. The van der Waals surface area contributed by atoms with Crippen LogP contribution in [0.1, 0.15) is 50.3 Å². The summed E-state index contributed by atoms with van der Waals surface area (Å²) in [5.74, 6) is -0.282. The van der Waals surface area contributed by atoms with E-state index < -0.39 is 5.97 Å². The van der Waals surface area contributed by atoms with Crippen LogP contribution in [0.25, 0.3) is 0 Å². The van der Waals surface area contributed by atoms with Gasteiger partial charge in [0.1, 0.15) is 0 Å².